The van der Waals surface area contributed by atoms with Crippen molar-refractivity contribution in [3.8, 4) is 17.3 Å². The van der Waals surface area contributed by atoms with Gasteiger partial charge < -0.3 is 9.73 Å². The van der Waals surface area contributed by atoms with Crippen LogP contribution in [0.4, 0.5) is 5.69 Å². The van der Waals surface area contributed by atoms with E-state index >= 15 is 0 Å². The van der Waals surface area contributed by atoms with Crippen molar-refractivity contribution >= 4 is 49.5 Å². The summed E-state index contributed by atoms with van der Waals surface area (Å²) < 4.78 is 6.37. The van der Waals surface area contributed by atoms with Gasteiger partial charge in [0.25, 0.3) is 0 Å². The minimum atomic E-state index is -0.452. The quantitative estimate of drug-likeness (QED) is 0.298. The van der Waals surface area contributed by atoms with E-state index in [0.717, 1.165) is 21.1 Å². The molecule has 1 N–H and O–H groups in total. The highest BCUT2D eigenvalue weighted by atomic mass is 79.9. The van der Waals surface area contributed by atoms with E-state index in [1.54, 1.807) is 23.7 Å². The van der Waals surface area contributed by atoms with Crippen LogP contribution >= 0.6 is 27.3 Å². The number of halogens is 1. The summed E-state index contributed by atoms with van der Waals surface area (Å²) in [7, 11) is 0. The highest BCUT2D eigenvalue weighted by Gasteiger charge is 2.13. The lowest BCUT2D eigenvalue weighted by Crippen LogP contribution is -2.02. The molecule has 0 aliphatic carbocycles. The fourth-order valence-corrected chi connectivity index (χ4v) is 4.10. The molecule has 2 aromatic carbocycles. The van der Waals surface area contributed by atoms with Gasteiger partial charge in [-0.3, -0.25) is 0 Å². The number of anilines is 1. The molecule has 0 aliphatic rings. The van der Waals surface area contributed by atoms with Gasteiger partial charge in [0.1, 0.15) is 22.2 Å². The van der Waals surface area contributed by atoms with Crippen LogP contribution in [-0.4, -0.2) is 4.98 Å². The smallest absolute Gasteiger partial charge is 0.345 e. The van der Waals surface area contributed by atoms with Crippen LogP contribution in [0.25, 0.3) is 27.8 Å². The minimum absolute atomic E-state index is 0.375. The van der Waals surface area contributed by atoms with Gasteiger partial charge in [0.15, 0.2) is 0 Å². The largest absolute Gasteiger partial charge is 0.422 e. The monoisotopic (exact) mass is 463 g/mol. The Balaban J connectivity index is 1.66. The molecule has 4 aromatic rings. The fourth-order valence-electron chi connectivity index (χ4n) is 2.84. The lowest BCUT2D eigenvalue weighted by atomic mass is 10.1. The van der Waals surface area contributed by atoms with Crippen molar-refractivity contribution in [3.63, 3.8) is 0 Å². The van der Waals surface area contributed by atoms with E-state index in [0.29, 0.717) is 27.4 Å². The molecular formula is C22H14BrN3O2S. The lowest BCUT2D eigenvalue weighted by Gasteiger charge is -2.06. The molecule has 142 valence electrons. The molecule has 0 spiro atoms. The zero-order valence-electron chi connectivity index (χ0n) is 15.3. The molecule has 0 aliphatic heterocycles. The van der Waals surface area contributed by atoms with Crippen molar-refractivity contribution in [1.29, 1.82) is 5.26 Å². The third kappa shape index (κ3) is 3.99. The molecule has 0 fully saturated rings. The molecule has 5 nitrogen and oxygen atoms in total. The molecular weight excluding hydrogens is 450 g/mol. The molecule has 0 radical (unpaired) electrons. The first-order valence-corrected chi connectivity index (χ1v) is 10.3. The SMILES string of the molecule is Cc1cc(Br)ccc1NC=C(C#N)c1nc(-c2cc3ccccc3oc2=O)cs1. The summed E-state index contributed by atoms with van der Waals surface area (Å²) in [5.41, 5.74) is 3.27. The average molecular weight is 464 g/mol. The second-order valence-corrected chi connectivity index (χ2v) is 8.07. The van der Waals surface area contributed by atoms with Gasteiger partial charge in [0.05, 0.1) is 11.3 Å². The van der Waals surface area contributed by atoms with E-state index in [-0.39, 0.29) is 0 Å². The van der Waals surface area contributed by atoms with Gasteiger partial charge in [0.2, 0.25) is 0 Å². The molecule has 4 rings (SSSR count). The van der Waals surface area contributed by atoms with Crippen molar-refractivity contribution < 1.29 is 4.42 Å². The molecule has 0 saturated heterocycles. The molecule has 0 atom stereocenters. The number of nitrogens with zero attached hydrogens (tertiary/aromatic N) is 2. The van der Waals surface area contributed by atoms with E-state index in [1.165, 1.54) is 11.3 Å². The number of para-hydroxylation sites is 1. The molecule has 0 saturated carbocycles. The summed E-state index contributed by atoms with van der Waals surface area (Å²) in [6.45, 7) is 1.98. The Hall–Kier alpha value is -3.21. The Labute approximate surface area is 179 Å². The summed E-state index contributed by atoms with van der Waals surface area (Å²) in [4.78, 5) is 16.8. The van der Waals surface area contributed by atoms with Gasteiger partial charge in [-0.25, -0.2) is 9.78 Å². The standard InChI is InChI=1S/C22H14BrN3O2S/c1-13-8-16(23)6-7-18(13)25-11-15(10-24)21-26-19(12-29-21)17-9-14-4-2-3-5-20(14)28-22(17)27/h2-9,11-12,25H,1H3. The topological polar surface area (TPSA) is 78.9 Å². The predicted octanol–water partition coefficient (Wildman–Crippen LogP) is 5.96. The number of aryl methyl sites for hydroxylation is 1. The van der Waals surface area contributed by atoms with Crippen molar-refractivity contribution in [3.05, 3.63) is 85.6 Å². The average Bonchev–Trinajstić information content (AvgIpc) is 3.19. The maximum atomic E-state index is 12.4. The molecule has 2 heterocycles. The minimum Gasteiger partial charge on any atom is -0.422 e. The first-order valence-electron chi connectivity index (χ1n) is 8.67. The van der Waals surface area contributed by atoms with Crippen LogP contribution in [0.5, 0.6) is 0 Å². The number of hydrogen-bond acceptors (Lipinski definition) is 6. The lowest BCUT2D eigenvalue weighted by molar-refractivity contribution is 0.563. The van der Waals surface area contributed by atoms with Gasteiger partial charge in [-0.2, -0.15) is 5.26 Å². The first kappa shape index (κ1) is 19.1. The third-order valence-electron chi connectivity index (χ3n) is 4.33. The molecule has 0 unspecified atom stereocenters. The Morgan fingerprint density at radius 1 is 1.28 bits per heavy atom. The zero-order valence-corrected chi connectivity index (χ0v) is 17.7. The second-order valence-electron chi connectivity index (χ2n) is 6.30. The molecule has 29 heavy (non-hydrogen) atoms. The third-order valence-corrected chi connectivity index (χ3v) is 5.70. The van der Waals surface area contributed by atoms with E-state index in [9.17, 15) is 10.1 Å². The van der Waals surface area contributed by atoms with Crippen LogP contribution in [0.1, 0.15) is 10.6 Å². The second kappa shape index (κ2) is 8.03. The number of nitrogens with one attached hydrogen (secondary N) is 1. The van der Waals surface area contributed by atoms with Gasteiger partial charge in [-0.15, -0.1) is 11.3 Å². The predicted molar refractivity (Wildman–Crippen MR) is 120 cm³/mol. The summed E-state index contributed by atoms with van der Waals surface area (Å²) in [5, 5.41) is 15.8. The maximum Gasteiger partial charge on any atom is 0.345 e. The molecule has 7 heteroatoms. The zero-order chi connectivity index (χ0) is 20.4. The van der Waals surface area contributed by atoms with Gasteiger partial charge >= 0.3 is 5.63 Å². The number of aromatic nitrogens is 1. The van der Waals surface area contributed by atoms with Crippen LogP contribution in [0.2, 0.25) is 0 Å². The first-order chi connectivity index (χ1) is 14.0. The molecule has 0 amide bonds. The van der Waals surface area contributed by atoms with Crippen molar-refractivity contribution in [2.24, 2.45) is 0 Å². The Morgan fingerprint density at radius 2 is 2.10 bits per heavy atom. The summed E-state index contributed by atoms with van der Waals surface area (Å²) in [6, 6.07) is 17.1. The van der Waals surface area contributed by atoms with Crippen molar-refractivity contribution in [2.45, 2.75) is 6.92 Å². The van der Waals surface area contributed by atoms with Gasteiger partial charge in [0, 0.05) is 27.1 Å². The van der Waals surface area contributed by atoms with Gasteiger partial charge in [-0.05, 0) is 42.8 Å². The Kier molecular flexibility index (Phi) is 5.30. The number of rotatable bonds is 4. The highest BCUT2D eigenvalue weighted by Crippen LogP contribution is 2.27. The summed E-state index contributed by atoms with van der Waals surface area (Å²) in [6.07, 6.45) is 1.63. The van der Waals surface area contributed by atoms with Crippen molar-refractivity contribution in [1.82, 2.24) is 4.98 Å². The van der Waals surface area contributed by atoms with E-state index in [1.807, 2.05) is 43.3 Å². The summed E-state index contributed by atoms with van der Waals surface area (Å²) in [5.74, 6) is 0. The number of allylic oxidation sites excluding steroid dienone is 1. The van der Waals surface area contributed by atoms with Crippen LogP contribution < -0.4 is 10.9 Å². The van der Waals surface area contributed by atoms with Gasteiger partial charge in [-0.1, -0.05) is 34.1 Å². The molecule has 0 bridgehead atoms. The summed E-state index contributed by atoms with van der Waals surface area (Å²) >= 11 is 4.74. The molecule has 2 aromatic heterocycles. The number of thiazole rings is 1. The van der Waals surface area contributed by atoms with Crippen LogP contribution in [-0.2, 0) is 0 Å². The number of fused-ring (bicyclic) bond motifs is 1. The van der Waals surface area contributed by atoms with Crippen LogP contribution in [0, 0.1) is 18.3 Å². The van der Waals surface area contributed by atoms with E-state index < -0.39 is 5.63 Å². The maximum absolute atomic E-state index is 12.4. The number of benzene rings is 2. The number of nitriles is 1. The number of hydrogen-bond donors (Lipinski definition) is 1. The Morgan fingerprint density at radius 3 is 2.90 bits per heavy atom. The normalized spacial score (nSPS) is 11.4. The fraction of sp³-hybridized carbons (Fsp3) is 0.0455. The van der Waals surface area contributed by atoms with E-state index in [2.05, 4.69) is 32.3 Å². The Bertz CT molecular complexity index is 1350. The van der Waals surface area contributed by atoms with Crippen LogP contribution in [0.15, 0.2) is 73.8 Å². The van der Waals surface area contributed by atoms with E-state index in [4.69, 9.17) is 4.42 Å². The van der Waals surface area contributed by atoms with Crippen molar-refractivity contribution in [2.75, 3.05) is 5.32 Å². The highest BCUT2D eigenvalue weighted by molar-refractivity contribution is 9.10. The van der Waals surface area contributed by atoms with Crippen LogP contribution in [0.3, 0.4) is 0 Å².